The molecule has 7 heteroatoms. The number of benzene rings is 5. The molecule has 0 fully saturated rings. The van der Waals surface area contributed by atoms with Gasteiger partial charge in [0.15, 0.2) is 0 Å². The molecule has 1 atom stereocenters. The van der Waals surface area contributed by atoms with Crippen LogP contribution >= 0.6 is 0 Å². The van der Waals surface area contributed by atoms with Crippen molar-refractivity contribution in [1.82, 2.24) is 9.97 Å². The average Bonchev–Trinajstić information content (AvgIpc) is 3.82. The van der Waals surface area contributed by atoms with Crippen molar-refractivity contribution in [3.05, 3.63) is 174 Å². The van der Waals surface area contributed by atoms with Crippen LogP contribution in [0.25, 0.3) is 49.6 Å². The molecule has 0 bridgehead atoms. The van der Waals surface area contributed by atoms with Crippen molar-refractivity contribution in [2.75, 3.05) is 4.90 Å². The van der Waals surface area contributed by atoms with E-state index in [0.717, 1.165) is 56.6 Å². The SMILES string of the molecule is CC(C)Cc1cc(-c2[c-]cncc2)ncc1[Si](C)(C)C.CC(C)c1cc(-c2ccccc2)cc(C(C)C)c1N1c2ccccc2[N-]C1c1[c-]cc2oc3ccccc3c2c1.[Ir+3]. The Morgan fingerprint density at radius 2 is 1.43 bits per heavy atom. The molecule has 0 saturated heterocycles. The van der Waals surface area contributed by atoms with Crippen LogP contribution in [0, 0.1) is 18.1 Å². The third-order valence-electron chi connectivity index (χ3n) is 11.3. The topological polar surface area (TPSA) is 56.3 Å². The molecule has 4 heterocycles. The van der Waals surface area contributed by atoms with E-state index >= 15 is 0 Å². The molecule has 310 valence electrons. The molecular formula is C54H55IrN4OSi. The van der Waals surface area contributed by atoms with E-state index < -0.39 is 8.07 Å². The van der Waals surface area contributed by atoms with E-state index in [4.69, 9.17) is 9.73 Å². The fourth-order valence-corrected chi connectivity index (χ4v) is 10.0. The van der Waals surface area contributed by atoms with E-state index in [1.165, 1.54) is 38.7 Å². The van der Waals surface area contributed by atoms with Crippen LogP contribution < -0.4 is 10.1 Å². The maximum absolute atomic E-state index is 6.12. The smallest absolute Gasteiger partial charge is 0.661 e. The summed E-state index contributed by atoms with van der Waals surface area (Å²) in [5.74, 6) is 1.31. The van der Waals surface area contributed by atoms with Crippen LogP contribution in [0.2, 0.25) is 19.6 Å². The molecule has 0 amide bonds. The summed E-state index contributed by atoms with van der Waals surface area (Å²) < 4.78 is 6.12. The minimum atomic E-state index is -1.35. The number of rotatable bonds is 9. The number of hydrogen-bond acceptors (Lipinski definition) is 4. The molecule has 1 aliphatic rings. The van der Waals surface area contributed by atoms with Gasteiger partial charge >= 0.3 is 20.1 Å². The Labute approximate surface area is 377 Å². The third kappa shape index (κ3) is 9.16. The van der Waals surface area contributed by atoms with Gasteiger partial charge in [-0.15, -0.1) is 17.8 Å². The monoisotopic (exact) mass is 996 g/mol. The van der Waals surface area contributed by atoms with E-state index in [0.29, 0.717) is 17.8 Å². The summed E-state index contributed by atoms with van der Waals surface area (Å²) in [6, 6.07) is 47.3. The van der Waals surface area contributed by atoms with Gasteiger partial charge in [-0.3, -0.25) is 4.98 Å². The fraction of sp³-hybridized carbons (Fsp3) is 0.259. The summed E-state index contributed by atoms with van der Waals surface area (Å²) in [4.78, 5) is 11.1. The third-order valence-corrected chi connectivity index (χ3v) is 13.4. The van der Waals surface area contributed by atoms with Crippen LogP contribution in [-0.2, 0) is 26.5 Å². The van der Waals surface area contributed by atoms with E-state index in [9.17, 15) is 0 Å². The summed E-state index contributed by atoms with van der Waals surface area (Å²) in [6.45, 7) is 20.9. The quantitative estimate of drug-likeness (QED) is 0.107. The van der Waals surface area contributed by atoms with E-state index in [1.807, 2.05) is 24.3 Å². The largest absolute Gasteiger partial charge is 3.00 e. The summed E-state index contributed by atoms with van der Waals surface area (Å²) >= 11 is 0. The second kappa shape index (κ2) is 18.3. The number of pyridine rings is 2. The summed E-state index contributed by atoms with van der Waals surface area (Å²) in [5.41, 5.74) is 14.8. The molecule has 5 nitrogen and oxygen atoms in total. The van der Waals surface area contributed by atoms with Crippen LogP contribution in [0.5, 0.6) is 0 Å². The van der Waals surface area contributed by atoms with E-state index in [1.54, 1.807) is 12.4 Å². The molecule has 0 radical (unpaired) electrons. The summed E-state index contributed by atoms with van der Waals surface area (Å²) in [5, 5.41) is 8.99. The molecule has 0 N–H and O–H groups in total. The number of hydrogen-bond donors (Lipinski definition) is 0. The van der Waals surface area contributed by atoms with E-state index in [2.05, 4.69) is 185 Å². The van der Waals surface area contributed by atoms with Gasteiger partial charge in [-0.1, -0.05) is 145 Å². The van der Waals surface area contributed by atoms with Gasteiger partial charge in [0, 0.05) is 28.5 Å². The number of furan rings is 1. The Morgan fingerprint density at radius 3 is 2.10 bits per heavy atom. The fourth-order valence-electron chi connectivity index (χ4n) is 8.42. The minimum Gasteiger partial charge on any atom is -0.661 e. The van der Waals surface area contributed by atoms with Gasteiger partial charge in [-0.25, -0.2) is 0 Å². The first kappa shape index (κ1) is 43.7. The molecule has 1 aliphatic heterocycles. The number of anilines is 2. The van der Waals surface area contributed by atoms with Crippen molar-refractivity contribution in [2.45, 2.75) is 85.6 Å². The van der Waals surface area contributed by atoms with Crippen molar-refractivity contribution in [3.8, 4) is 22.4 Å². The zero-order chi connectivity index (χ0) is 42.1. The first-order valence-electron chi connectivity index (χ1n) is 21.3. The molecule has 0 saturated carbocycles. The number of para-hydroxylation sites is 3. The van der Waals surface area contributed by atoms with Crippen LogP contribution in [0.4, 0.5) is 17.1 Å². The summed E-state index contributed by atoms with van der Waals surface area (Å²) in [7, 11) is -1.35. The van der Waals surface area contributed by atoms with Gasteiger partial charge in [0.25, 0.3) is 0 Å². The maximum Gasteiger partial charge on any atom is 3.00 e. The van der Waals surface area contributed by atoms with Crippen LogP contribution in [0.15, 0.2) is 138 Å². The number of nitrogens with zero attached hydrogens (tertiary/aromatic N) is 4. The van der Waals surface area contributed by atoms with E-state index in [-0.39, 0.29) is 26.3 Å². The van der Waals surface area contributed by atoms with Crippen molar-refractivity contribution in [1.29, 1.82) is 0 Å². The van der Waals surface area contributed by atoms with Crippen molar-refractivity contribution in [3.63, 3.8) is 0 Å². The Bertz CT molecular complexity index is 2730. The molecule has 9 rings (SSSR count). The van der Waals surface area contributed by atoms with Gasteiger partial charge in [-0.05, 0) is 100 Å². The molecule has 3 aromatic heterocycles. The van der Waals surface area contributed by atoms with Gasteiger partial charge in [-0.2, -0.15) is 29.3 Å². The van der Waals surface area contributed by atoms with Gasteiger partial charge in [0.2, 0.25) is 0 Å². The molecular weight excluding hydrogens is 941 g/mol. The summed E-state index contributed by atoms with van der Waals surface area (Å²) in [6.07, 6.45) is 6.47. The van der Waals surface area contributed by atoms with Crippen molar-refractivity contribution < 1.29 is 24.5 Å². The number of aromatic nitrogens is 2. The Hall–Kier alpha value is -5.33. The van der Waals surface area contributed by atoms with Gasteiger partial charge < -0.3 is 19.6 Å². The van der Waals surface area contributed by atoms with Crippen LogP contribution in [-0.4, -0.2) is 18.0 Å². The standard InChI is InChI=1S/C37H32N2O.C17H23N2Si.Ir/c1-23(2)29-21-27(25-12-6-5-7-13-25)22-30(24(3)4)36(29)39-33-16-10-9-15-32(33)38-37(39)26-18-19-35-31(20-26)28-14-8-11-17-34(28)40-35;1-13(2)10-15-11-16(14-6-8-18-9-7-14)19-12-17(15)20(3,4)5;/h5-17,19-24,37H,1-4H3;6,8-9,11-13H,10H2,1-5H3;/q-2;-1;+3. The molecule has 0 spiro atoms. The predicted octanol–water partition coefficient (Wildman–Crippen LogP) is 14.8. The molecule has 61 heavy (non-hydrogen) atoms. The second-order valence-corrected chi connectivity index (χ2v) is 23.1. The van der Waals surface area contributed by atoms with Gasteiger partial charge in [0.1, 0.15) is 5.58 Å². The zero-order valence-corrected chi connectivity index (χ0v) is 40.1. The number of fused-ring (bicyclic) bond motifs is 4. The van der Waals surface area contributed by atoms with Crippen molar-refractivity contribution in [2.24, 2.45) is 5.92 Å². The van der Waals surface area contributed by atoms with Crippen LogP contribution in [0.3, 0.4) is 0 Å². The molecule has 1 unspecified atom stereocenters. The predicted molar refractivity (Wildman–Crippen MR) is 255 cm³/mol. The van der Waals surface area contributed by atoms with Crippen LogP contribution in [0.1, 0.15) is 81.8 Å². The average molecular weight is 996 g/mol. The first-order valence-corrected chi connectivity index (χ1v) is 24.8. The Balaban J connectivity index is 0.000000226. The van der Waals surface area contributed by atoms with Gasteiger partial charge in [0.05, 0.1) is 8.07 Å². The van der Waals surface area contributed by atoms with Crippen molar-refractivity contribution >= 4 is 52.3 Å². The maximum atomic E-state index is 6.12. The Morgan fingerprint density at radius 1 is 0.738 bits per heavy atom. The first-order chi connectivity index (χ1) is 28.9. The zero-order valence-electron chi connectivity index (χ0n) is 36.7. The molecule has 8 aromatic rings. The normalized spacial score (nSPS) is 13.6. The second-order valence-electron chi connectivity index (χ2n) is 18.0. The minimum absolute atomic E-state index is 0. The molecule has 5 aromatic carbocycles. The Kier molecular flexibility index (Phi) is 13.1. The molecule has 0 aliphatic carbocycles.